The average Bonchev–Trinajstić information content (AvgIpc) is 3.89. The maximum Gasteiger partial charge on any atom is 0.136 e. The molecule has 8 aromatic carbocycles. The van der Waals surface area contributed by atoms with Gasteiger partial charge < -0.3 is 9.32 Å². The van der Waals surface area contributed by atoms with Crippen LogP contribution in [0.1, 0.15) is 0 Å². The molecule has 0 spiro atoms. The molecule has 0 saturated heterocycles. The maximum absolute atomic E-state index is 6.35. The quantitative estimate of drug-likeness (QED) is 0.178. The van der Waals surface area contributed by atoms with E-state index in [1.54, 1.807) is 0 Å². The molecule has 4 heteroatoms. The molecule has 3 aromatic heterocycles. The summed E-state index contributed by atoms with van der Waals surface area (Å²) in [5, 5.41) is 7.38. The van der Waals surface area contributed by atoms with E-state index in [9.17, 15) is 0 Å². The van der Waals surface area contributed by atoms with Gasteiger partial charge in [-0.3, -0.25) is 0 Å². The van der Waals surface area contributed by atoms with E-state index in [0.717, 1.165) is 38.9 Å². The minimum atomic E-state index is 0.913. The Bertz CT molecular complexity index is 3150. The maximum atomic E-state index is 6.35. The van der Waals surface area contributed by atoms with E-state index >= 15 is 0 Å². The van der Waals surface area contributed by atoms with Crippen molar-refractivity contribution in [1.82, 2.24) is 0 Å². The van der Waals surface area contributed by atoms with Gasteiger partial charge in [0.2, 0.25) is 0 Å². The zero-order chi connectivity index (χ0) is 34.2. The van der Waals surface area contributed by atoms with Gasteiger partial charge in [-0.2, -0.15) is 0 Å². The molecule has 0 fully saturated rings. The highest BCUT2D eigenvalue weighted by Crippen LogP contribution is 2.49. The first-order chi connectivity index (χ1) is 25.8. The molecule has 0 unspecified atom stereocenters. The van der Waals surface area contributed by atoms with Gasteiger partial charge in [0.05, 0.1) is 11.4 Å². The fraction of sp³-hybridized carbons (Fsp3) is 0. The van der Waals surface area contributed by atoms with Gasteiger partial charge in [-0.15, -0.1) is 22.7 Å². The predicted octanol–water partition coefficient (Wildman–Crippen LogP) is 15.1. The van der Waals surface area contributed by atoms with Crippen molar-refractivity contribution in [3.63, 3.8) is 0 Å². The van der Waals surface area contributed by atoms with Crippen molar-refractivity contribution >= 4 is 102 Å². The van der Waals surface area contributed by atoms with Crippen LogP contribution in [0.15, 0.2) is 180 Å². The molecule has 11 rings (SSSR count). The van der Waals surface area contributed by atoms with Crippen LogP contribution in [0.4, 0.5) is 17.1 Å². The molecule has 2 nitrogen and oxygen atoms in total. The SMILES string of the molecule is c1ccc(-c2ccccc2N(c2ccc3sc4cccc(-c5ccc6c(c5)oc5ccccc56)c4c3c2)c2cccc3sc4ccccc4c23)cc1. The van der Waals surface area contributed by atoms with Crippen molar-refractivity contribution in [3.05, 3.63) is 176 Å². The Kier molecular flexibility index (Phi) is 6.63. The number of fused-ring (bicyclic) bond motifs is 9. The van der Waals surface area contributed by atoms with Crippen LogP contribution in [0.5, 0.6) is 0 Å². The fourth-order valence-electron chi connectivity index (χ4n) is 7.97. The molecule has 3 heterocycles. The number of hydrogen-bond acceptors (Lipinski definition) is 4. The Labute approximate surface area is 308 Å². The second-order valence-corrected chi connectivity index (χ2v) is 15.4. The Morgan fingerprint density at radius 3 is 1.92 bits per heavy atom. The lowest BCUT2D eigenvalue weighted by Crippen LogP contribution is -2.11. The Balaban J connectivity index is 1.18. The highest BCUT2D eigenvalue weighted by molar-refractivity contribution is 7.26. The summed E-state index contributed by atoms with van der Waals surface area (Å²) in [6, 6.07) is 63.8. The van der Waals surface area contributed by atoms with Gasteiger partial charge in [0.25, 0.3) is 0 Å². The van der Waals surface area contributed by atoms with Gasteiger partial charge in [-0.1, -0.05) is 109 Å². The standard InChI is InChI=1S/C48H29NOS2/c1-2-12-30(13-3-1)33-14-4-7-18-39(33)49(40-19-11-23-46-48(40)37-16-6-9-21-43(37)51-46)32-25-27-44-38(29-32)47-34(17-10-22-45(47)52-44)31-24-26-36-35-15-5-8-20-41(35)50-42(36)28-31/h1-29H. The molecule has 0 amide bonds. The van der Waals surface area contributed by atoms with Gasteiger partial charge in [0, 0.05) is 62.4 Å². The Hall–Kier alpha value is -6.20. The van der Waals surface area contributed by atoms with E-state index in [1.807, 2.05) is 34.8 Å². The van der Waals surface area contributed by atoms with Crippen molar-refractivity contribution < 1.29 is 4.42 Å². The van der Waals surface area contributed by atoms with Crippen LogP contribution in [-0.2, 0) is 0 Å². The van der Waals surface area contributed by atoms with Gasteiger partial charge in [0.15, 0.2) is 0 Å². The van der Waals surface area contributed by atoms with Gasteiger partial charge >= 0.3 is 0 Å². The van der Waals surface area contributed by atoms with Crippen LogP contribution < -0.4 is 4.90 Å². The summed E-state index contributed by atoms with van der Waals surface area (Å²) in [6.07, 6.45) is 0. The third-order valence-electron chi connectivity index (χ3n) is 10.3. The van der Waals surface area contributed by atoms with Crippen molar-refractivity contribution in [1.29, 1.82) is 0 Å². The molecule has 0 atom stereocenters. The van der Waals surface area contributed by atoms with Crippen molar-refractivity contribution in [2.75, 3.05) is 4.90 Å². The summed E-state index contributed by atoms with van der Waals surface area (Å²) in [7, 11) is 0. The highest BCUT2D eigenvalue weighted by Gasteiger charge is 2.22. The molecule has 52 heavy (non-hydrogen) atoms. The van der Waals surface area contributed by atoms with Crippen LogP contribution in [-0.4, -0.2) is 0 Å². The second kappa shape index (κ2) is 11.7. The fourth-order valence-corrected chi connectivity index (χ4v) is 10.2. The topological polar surface area (TPSA) is 16.4 Å². The first-order valence-corrected chi connectivity index (χ1v) is 19.1. The van der Waals surface area contributed by atoms with Gasteiger partial charge in [0.1, 0.15) is 11.2 Å². The third kappa shape index (κ3) is 4.55. The van der Waals surface area contributed by atoms with Crippen molar-refractivity contribution in [3.8, 4) is 22.3 Å². The summed E-state index contributed by atoms with van der Waals surface area (Å²) in [4.78, 5) is 2.48. The molecule has 11 aromatic rings. The average molecular weight is 700 g/mol. The summed E-state index contributed by atoms with van der Waals surface area (Å²) in [5.41, 5.74) is 10.0. The number of anilines is 3. The molecule has 0 aliphatic heterocycles. The lowest BCUT2D eigenvalue weighted by atomic mass is 9.97. The molecule has 0 N–H and O–H groups in total. The van der Waals surface area contributed by atoms with Crippen LogP contribution in [0.3, 0.4) is 0 Å². The molecular formula is C48H29NOS2. The molecule has 0 bridgehead atoms. The van der Waals surface area contributed by atoms with Crippen molar-refractivity contribution in [2.24, 2.45) is 0 Å². The van der Waals surface area contributed by atoms with E-state index in [2.05, 4.69) is 169 Å². The van der Waals surface area contributed by atoms with Crippen LogP contribution >= 0.6 is 22.7 Å². The largest absolute Gasteiger partial charge is 0.456 e. The van der Waals surface area contributed by atoms with E-state index < -0.39 is 0 Å². The molecular weight excluding hydrogens is 671 g/mol. The number of para-hydroxylation sites is 2. The smallest absolute Gasteiger partial charge is 0.136 e. The zero-order valence-electron chi connectivity index (χ0n) is 27.9. The van der Waals surface area contributed by atoms with Crippen LogP contribution in [0, 0.1) is 0 Å². The van der Waals surface area contributed by atoms with Gasteiger partial charge in [-0.05, 0) is 83.4 Å². The van der Waals surface area contributed by atoms with E-state index in [1.165, 1.54) is 62.7 Å². The van der Waals surface area contributed by atoms with E-state index in [0.29, 0.717) is 0 Å². The Morgan fingerprint density at radius 1 is 0.365 bits per heavy atom. The van der Waals surface area contributed by atoms with E-state index in [4.69, 9.17) is 4.42 Å². The summed E-state index contributed by atoms with van der Waals surface area (Å²) in [6.45, 7) is 0. The molecule has 0 radical (unpaired) electrons. The number of furan rings is 1. The summed E-state index contributed by atoms with van der Waals surface area (Å²) >= 11 is 3.71. The first-order valence-electron chi connectivity index (χ1n) is 17.5. The first kappa shape index (κ1) is 29.5. The molecule has 0 aliphatic rings. The van der Waals surface area contributed by atoms with Crippen LogP contribution in [0.25, 0.3) is 84.5 Å². The second-order valence-electron chi connectivity index (χ2n) is 13.2. The Morgan fingerprint density at radius 2 is 1.02 bits per heavy atom. The number of thiophene rings is 2. The molecule has 0 aliphatic carbocycles. The van der Waals surface area contributed by atoms with Crippen LogP contribution in [0.2, 0.25) is 0 Å². The summed E-state index contributed by atoms with van der Waals surface area (Å²) < 4.78 is 11.5. The monoisotopic (exact) mass is 699 g/mol. The highest BCUT2D eigenvalue weighted by atomic mass is 32.1. The van der Waals surface area contributed by atoms with Crippen molar-refractivity contribution in [2.45, 2.75) is 0 Å². The minimum Gasteiger partial charge on any atom is -0.456 e. The minimum absolute atomic E-state index is 0.913. The molecule has 244 valence electrons. The van der Waals surface area contributed by atoms with Gasteiger partial charge in [-0.25, -0.2) is 0 Å². The molecule has 0 saturated carbocycles. The lowest BCUT2D eigenvalue weighted by molar-refractivity contribution is 0.669. The summed E-state index contributed by atoms with van der Waals surface area (Å²) in [5.74, 6) is 0. The number of hydrogen-bond donors (Lipinski definition) is 0. The zero-order valence-corrected chi connectivity index (χ0v) is 29.5. The number of rotatable bonds is 5. The third-order valence-corrected chi connectivity index (χ3v) is 12.5. The number of benzene rings is 8. The predicted molar refractivity (Wildman–Crippen MR) is 225 cm³/mol. The lowest BCUT2D eigenvalue weighted by Gasteiger charge is -2.29. The number of nitrogens with zero attached hydrogens (tertiary/aromatic N) is 1. The normalized spacial score (nSPS) is 11.8. The van der Waals surface area contributed by atoms with E-state index in [-0.39, 0.29) is 0 Å².